The third kappa shape index (κ3) is 4.30. The highest BCUT2D eigenvalue weighted by atomic mass is 32.2. The molecule has 2 aliphatic rings. The van der Waals surface area contributed by atoms with Gasteiger partial charge < -0.3 is 10.2 Å². The molecule has 0 bridgehead atoms. The lowest BCUT2D eigenvalue weighted by atomic mass is 9.92. The highest BCUT2D eigenvalue weighted by Gasteiger charge is 2.24. The third-order valence-electron chi connectivity index (χ3n) is 7.51. The number of aryl methyl sites for hydroxylation is 2. The Morgan fingerprint density at radius 2 is 2.03 bits per heavy atom. The number of amides is 2. The van der Waals surface area contributed by atoms with Gasteiger partial charge in [0.1, 0.15) is 0 Å². The Balaban J connectivity index is 1.24. The molecule has 2 N–H and O–H groups in total. The van der Waals surface area contributed by atoms with Crippen LogP contribution >= 0.6 is 11.9 Å². The lowest BCUT2D eigenvalue weighted by molar-refractivity contribution is 0.257. The number of anilines is 2. The number of carbonyl (C=O) groups excluding carboxylic acids is 1. The standard InChI is InChI=1S/C28H30N6OS/c1-18-13-19-5-3-8-25(19)27(26(18)20-10-12-34-22(14-20)9-11-30-34)31-28(35)32-36-24-15-23(16-29-17-24)33(2)21-6-4-7-21/h9-17,21H,3-8H2,1-2H3,(H2,31,32,35). The van der Waals surface area contributed by atoms with Crippen LogP contribution in [0.1, 0.15) is 42.4 Å². The molecule has 1 aromatic carbocycles. The number of nitrogens with one attached hydrogen (secondary N) is 2. The van der Waals surface area contributed by atoms with Gasteiger partial charge in [0.05, 0.1) is 23.1 Å². The number of fused-ring (bicyclic) bond motifs is 2. The summed E-state index contributed by atoms with van der Waals surface area (Å²) in [4.78, 5) is 20.7. The zero-order chi connectivity index (χ0) is 24.6. The fourth-order valence-corrected chi connectivity index (χ4v) is 5.92. The van der Waals surface area contributed by atoms with Crippen molar-refractivity contribution < 1.29 is 4.79 Å². The van der Waals surface area contributed by atoms with Crippen molar-refractivity contribution in [3.63, 3.8) is 0 Å². The van der Waals surface area contributed by atoms with E-state index in [9.17, 15) is 4.79 Å². The predicted molar refractivity (Wildman–Crippen MR) is 146 cm³/mol. The van der Waals surface area contributed by atoms with Gasteiger partial charge in [0.15, 0.2) is 0 Å². The van der Waals surface area contributed by atoms with E-state index in [1.54, 1.807) is 12.4 Å². The second kappa shape index (κ2) is 9.50. The normalized spacial score (nSPS) is 14.9. The first-order valence-electron chi connectivity index (χ1n) is 12.6. The fraction of sp³-hybridized carbons (Fsp3) is 0.321. The van der Waals surface area contributed by atoms with Crippen molar-refractivity contribution in [2.24, 2.45) is 0 Å². The van der Waals surface area contributed by atoms with Crippen molar-refractivity contribution in [3.8, 4) is 11.1 Å². The number of nitrogens with zero attached hydrogens (tertiary/aromatic N) is 4. The summed E-state index contributed by atoms with van der Waals surface area (Å²) in [6.45, 7) is 2.13. The Morgan fingerprint density at radius 3 is 2.86 bits per heavy atom. The molecule has 2 aliphatic carbocycles. The first-order chi connectivity index (χ1) is 17.6. The van der Waals surface area contributed by atoms with Crippen LogP contribution in [-0.4, -0.2) is 33.7 Å². The van der Waals surface area contributed by atoms with E-state index in [1.165, 1.54) is 47.9 Å². The molecule has 2 amide bonds. The quantitative estimate of drug-likeness (QED) is 0.319. The van der Waals surface area contributed by atoms with Crippen LogP contribution in [0.25, 0.3) is 16.6 Å². The van der Waals surface area contributed by atoms with Gasteiger partial charge in [-0.25, -0.2) is 9.31 Å². The number of pyridine rings is 2. The van der Waals surface area contributed by atoms with Gasteiger partial charge in [-0.1, -0.05) is 6.07 Å². The highest BCUT2D eigenvalue weighted by molar-refractivity contribution is 7.98. The van der Waals surface area contributed by atoms with Crippen LogP contribution in [0.3, 0.4) is 0 Å². The molecular weight excluding hydrogens is 468 g/mol. The van der Waals surface area contributed by atoms with E-state index < -0.39 is 0 Å². The lowest BCUT2D eigenvalue weighted by Crippen LogP contribution is -2.37. The number of rotatable bonds is 6. The van der Waals surface area contributed by atoms with Crippen LogP contribution in [0.4, 0.5) is 16.2 Å². The molecule has 0 aliphatic heterocycles. The predicted octanol–water partition coefficient (Wildman–Crippen LogP) is 6.01. The third-order valence-corrected chi connectivity index (χ3v) is 8.26. The Bertz CT molecular complexity index is 1440. The summed E-state index contributed by atoms with van der Waals surface area (Å²) in [5, 5.41) is 7.53. The summed E-state index contributed by atoms with van der Waals surface area (Å²) in [5.41, 5.74) is 8.92. The first-order valence-corrected chi connectivity index (χ1v) is 13.4. The summed E-state index contributed by atoms with van der Waals surface area (Å²) in [6, 6.07) is 10.9. The molecule has 0 atom stereocenters. The van der Waals surface area contributed by atoms with Gasteiger partial charge in [0.2, 0.25) is 0 Å². The van der Waals surface area contributed by atoms with Crippen molar-refractivity contribution in [2.45, 2.75) is 56.4 Å². The second-order valence-electron chi connectivity index (χ2n) is 9.78. The van der Waals surface area contributed by atoms with E-state index >= 15 is 0 Å². The van der Waals surface area contributed by atoms with Crippen LogP contribution in [-0.2, 0) is 12.8 Å². The van der Waals surface area contributed by atoms with E-state index in [4.69, 9.17) is 0 Å². The summed E-state index contributed by atoms with van der Waals surface area (Å²) in [5.74, 6) is 0. The molecular formula is C28H30N6OS. The first kappa shape index (κ1) is 22.9. The molecule has 184 valence electrons. The minimum absolute atomic E-state index is 0.232. The number of carbonyl (C=O) groups is 1. The SMILES string of the molecule is Cc1cc2c(c(NC(=O)NSc3cncc(N(C)C4CCC4)c3)c1-c1ccn3nccc3c1)CCC2. The largest absolute Gasteiger partial charge is 0.370 e. The van der Waals surface area contributed by atoms with Crippen molar-refractivity contribution in [1.29, 1.82) is 0 Å². The fourth-order valence-electron chi connectivity index (χ4n) is 5.37. The summed E-state index contributed by atoms with van der Waals surface area (Å²) < 4.78 is 4.83. The van der Waals surface area contributed by atoms with E-state index in [0.29, 0.717) is 6.04 Å². The van der Waals surface area contributed by atoms with Crippen molar-refractivity contribution in [1.82, 2.24) is 19.3 Å². The maximum absolute atomic E-state index is 13.1. The smallest absolute Gasteiger partial charge is 0.329 e. The molecule has 7 nitrogen and oxygen atoms in total. The van der Waals surface area contributed by atoms with Gasteiger partial charge in [0, 0.05) is 42.1 Å². The van der Waals surface area contributed by atoms with Gasteiger partial charge in [-0.05, 0) is 104 Å². The molecule has 3 heterocycles. The van der Waals surface area contributed by atoms with Crippen molar-refractivity contribution in [3.05, 3.63) is 71.8 Å². The van der Waals surface area contributed by atoms with Crippen LogP contribution in [0.2, 0.25) is 0 Å². The maximum atomic E-state index is 13.1. The molecule has 36 heavy (non-hydrogen) atoms. The van der Waals surface area contributed by atoms with Gasteiger partial charge >= 0.3 is 6.03 Å². The van der Waals surface area contributed by atoms with E-state index in [1.807, 2.05) is 23.0 Å². The number of benzene rings is 1. The summed E-state index contributed by atoms with van der Waals surface area (Å²) in [6.07, 6.45) is 14.3. The van der Waals surface area contributed by atoms with Gasteiger partial charge in [0.25, 0.3) is 0 Å². The molecule has 0 saturated heterocycles. The average Bonchev–Trinajstić information content (AvgIpc) is 3.51. The maximum Gasteiger partial charge on any atom is 0.329 e. The zero-order valence-corrected chi connectivity index (χ0v) is 21.4. The molecule has 4 aromatic rings. The van der Waals surface area contributed by atoms with Gasteiger partial charge in [-0.3, -0.25) is 9.71 Å². The van der Waals surface area contributed by atoms with Gasteiger partial charge in [-0.2, -0.15) is 5.10 Å². The van der Waals surface area contributed by atoms with E-state index in [2.05, 4.69) is 63.3 Å². The number of hydrogen-bond acceptors (Lipinski definition) is 5. The average molecular weight is 499 g/mol. The second-order valence-corrected chi connectivity index (χ2v) is 10.7. The number of aromatic nitrogens is 3. The Kier molecular flexibility index (Phi) is 6.05. The minimum atomic E-state index is -0.232. The summed E-state index contributed by atoms with van der Waals surface area (Å²) in [7, 11) is 2.12. The van der Waals surface area contributed by atoms with Gasteiger partial charge in [-0.15, -0.1) is 0 Å². The molecule has 0 unspecified atom stereocenters. The number of urea groups is 1. The highest BCUT2D eigenvalue weighted by Crippen LogP contribution is 2.40. The molecule has 0 spiro atoms. The van der Waals surface area contributed by atoms with Crippen LogP contribution in [0.5, 0.6) is 0 Å². The molecule has 6 rings (SSSR count). The Hall–Kier alpha value is -3.52. The van der Waals surface area contributed by atoms with E-state index in [0.717, 1.165) is 52.2 Å². The Morgan fingerprint density at radius 1 is 1.14 bits per heavy atom. The number of hydrogen-bond donors (Lipinski definition) is 2. The van der Waals surface area contributed by atoms with Crippen LogP contribution < -0.4 is 14.9 Å². The zero-order valence-electron chi connectivity index (χ0n) is 20.6. The lowest BCUT2D eigenvalue weighted by Gasteiger charge is -2.36. The molecule has 3 aromatic heterocycles. The molecule has 0 radical (unpaired) electrons. The topological polar surface area (TPSA) is 74.6 Å². The Labute approximate surface area is 215 Å². The molecule has 1 fully saturated rings. The van der Waals surface area contributed by atoms with Crippen LogP contribution in [0, 0.1) is 6.92 Å². The molecule has 1 saturated carbocycles. The van der Waals surface area contributed by atoms with Crippen LogP contribution in [0.15, 0.2) is 60.0 Å². The van der Waals surface area contributed by atoms with Crippen molar-refractivity contribution in [2.75, 3.05) is 17.3 Å². The summed E-state index contributed by atoms with van der Waals surface area (Å²) >= 11 is 1.30. The molecule has 8 heteroatoms. The van der Waals surface area contributed by atoms with E-state index in [-0.39, 0.29) is 6.03 Å². The minimum Gasteiger partial charge on any atom is -0.370 e. The monoisotopic (exact) mass is 498 g/mol. The van der Waals surface area contributed by atoms with Crippen molar-refractivity contribution >= 4 is 34.9 Å².